The molecule has 62 heavy (non-hydrogen) atoms. The van der Waals surface area contributed by atoms with E-state index in [1.807, 2.05) is 28.8 Å². The van der Waals surface area contributed by atoms with E-state index in [0.717, 1.165) is 47.8 Å². The van der Waals surface area contributed by atoms with Crippen molar-refractivity contribution in [2.75, 3.05) is 26.8 Å². The molecule has 0 amide bonds. The first-order valence-electron chi connectivity index (χ1n) is 17.2. The molecule has 4 heterocycles. The number of thiol groups is 1. The van der Waals surface area contributed by atoms with E-state index in [1.165, 1.54) is 21.3 Å². The fraction of sp³-hybridized carbons (Fsp3) is 0.205. The van der Waals surface area contributed by atoms with Gasteiger partial charge in [0.25, 0.3) is 0 Å². The molecule has 0 spiro atoms. The monoisotopic (exact) mass is 880 g/mol. The average molecular weight is 881 g/mol. The van der Waals surface area contributed by atoms with Gasteiger partial charge in [-0.1, -0.05) is 17.1 Å². The molecule has 16 nitrogen and oxygen atoms in total. The maximum absolute atomic E-state index is 13.3. The van der Waals surface area contributed by atoms with Crippen LogP contribution in [0.1, 0.15) is 38.6 Å². The Hall–Kier alpha value is -8.36. The van der Waals surface area contributed by atoms with Crippen LogP contribution in [0.15, 0.2) is 51.1 Å². The highest BCUT2D eigenvalue weighted by Crippen LogP contribution is 2.33. The first kappa shape index (κ1) is 48.0. The number of thiophene rings is 1. The molecule has 18 heteroatoms. The van der Waals surface area contributed by atoms with Crippen molar-refractivity contribution >= 4 is 40.1 Å². The minimum atomic E-state index is -0.177. The summed E-state index contributed by atoms with van der Waals surface area (Å²) in [5, 5.41) is 21.0. The number of methoxy groups -OCH3 is 1. The molecule has 5 rings (SSSR count). The number of benzene rings is 1. The van der Waals surface area contributed by atoms with Crippen LogP contribution < -0.4 is 10.4 Å². The van der Waals surface area contributed by atoms with Gasteiger partial charge in [0.1, 0.15) is 16.9 Å². The summed E-state index contributed by atoms with van der Waals surface area (Å²) >= 11 is 4.83. The number of rotatable bonds is 9. The van der Waals surface area contributed by atoms with E-state index in [1.54, 1.807) is 18.4 Å². The number of nitrogens with one attached hydrogen (secondary N) is 1. The van der Waals surface area contributed by atoms with Gasteiger partial charge in [-0.15, -0.1) is 24.2 Å². The van der Waals surface area contributed by atoms with Crippen LogP contribution in [-0.4, -0.2) is 67.6 Å². The van der Waals surface area contributed by atoms with E-state index < -0.39 is 0 Å². The van der Waals surface area contributed by atoms with Crippen molar-refractivity contribution in [3.8, 4) is 137 Å². The molecule has 1 aliphatic heterocycles. The number of terminal acetylenes is 2. The number of ether oxygens (including phenoxy) is 2. The number of hydrogen-bond acceptors (Lipinski definition) is 13. The molecule has 1 atom stereocenters. The van der Waals surface area contributed by atoms with Gasteiger partial charge in [-0.3, -0.25) is 9.47 Å². The predicted octanol–water partition coefficient (Wildman–Crippen LogP) is 6.46. The SMILES string of the molecule is C#CC#CC#CC#CC#CC#CC#CC#CC#CC#CC#C.COc1ccc(Cn2c(=O)n3ncnc3c3c(C)c(CN4CCOC(C)C4)sc32)cc1.N=N/N=N/N(OO)OS.[HH].[HH].[HH].[HH].[HH].[HH].[HH].[HH].[HH].[HH].[HH]. The fourth-order valence-electron chi connectivity index (χ4n) is 4.86. The van der Waals surface area contributed by atoms with Crippen LogP contribution in [0.4, 0.5) is 0 Å². The summed E-state index contributed by atoms with van der Waals surface area (Å²) in [5.74, 6) is 49.0. The van der Waals surface area contributed by atoms with Gasteiger partial charge in [-0.2, -0.15) is 19.4 Å². The van der Waals surface area contributed by atoms with Gasteiger partial charge in [0, 0.05) is 87.4 Å². The van der Waals surface area contributed by atoms with Crippen molar-refractivity contribution in [1.82, 2.24) is 29.4 Å². The smallest absolute Gasteiger partial charge is 0.352 e. The molecule has 0 bridgehead atoms. The molecule has 3 aromatic heterocycles. The lowest BCUT2D eigenvalue weighted by molar-refractivity contribution is -0.478. The van der Waals surface area contributed by atoms with E-state index in [-0.39, 0.29) is 32.8 Å². The highest BCUT2D eigenvalue weighted by atomic mass is 32.1. The standard InChI is InChI=1S/C22H25N5O3S.C22H2.H3N5O3S.11H2/c1-14-10-25(8-9-30-14)12-18-15(2)19-20-23-13-24-27(20)22(28)26(21(19)31-18)11-16-4-6-17(29-3)7-5-16;1-3-5-7-9-11-13-15-17-19-21-22-20-18-16-14-12-10-8-6-4-2;1-2-3-4-5(7-6)8-9;;;;;;;;;;;/h4-7,13-14H,8-12H2,1-3H3;1-2H;1,6,9H;11*1H/b;;2-1?,4-3+;;;;;;;;;;;. The Kier molecular flexibility index (Phi) is 21.8. The molecule has 1 saturated heterocycles. The normalized spacial score (nSPS) is 11.6. The van der Waals surface area contributed by atoms with Gasteiger partial charge in [0.2, 0.25) is 0 Å². The Morgan fingerprint density at radius 1 is 0.952 bits per heavy atom. The molecule has 0 radical (unpaired) electrons. The maximum atomic E-state index is 13.3. The second kappa shape index (κ2) is 28.1. The second-order valence-corrected chi connectivity index (χ2v) is 12.4. The highest BCUT2D eigenvalue weighted by molar-refractivity contribution is 7.75. The van der Waals surface area contributed by atoms with Crippen LogP contribution in [0.5, 0.6) is 5.75 Å². The van der Waals surface area contributed by atoms with Crippen LogP contribution in [0.2, 0.25) is 0 Å². The Bertz CT molecular complexity index is 2970. The Morgan fingerprint density at radius 3 is 1.97 bits per heavy atom. The number of morpholine rings is 1. The summed E-state index contributed by atoms with van der Waals surface area (Å²) < 4.78 is 18.0. The van der Waals surface area contributed by atoms with Gasteiger partial charge in [0.15, 0.2) is 5.65 Å². The van der Waals surface area contributed by atoms with Crippen LogP contribution in [0, 0.1) is 144 Å². The zero-order valence-electron chi connectivity index (χ0n) is 33.0. The lowest BCUT2D eigenvalue weighted by Crippen LogP contribution is -2.40. The summed E-state index contributed by atoms with van der Waals surface area (Å²) in [5.41, 5.74) is 8.71. The molecule has 1 aliphatic rings. The Labute approximate surface area is 383 Å². The molecule has 326 valence electrons. The number of aryl methyl sites for hydroxylation is 1. The average Bonchev–Trinajstić information content (AvgIpc) is 3.90. The number of hydrogen-bond donors (Lipinski definition) is 3. The molecule has 4 aromatic rings. The van der Waals surface area contributed by atoms with Crippen LogP contribution in [0.25, 0.3) is 15.9 Å². The topological polar surface area (TPSA) is 177 Å². The van der Waals surface area contributed by atoms with E-state index in [4.69, 9.17) is 33.1 Å². The Morgan fingerprint density at radius 2 is 1.50 bits per heavy atom. The van der Waals surface area contributed by atoms with E-state index >= 15 is 0 Å². The highest BCUT2D eigenvalue weighted by Gasteiger charge is 2.23. The lowest BCUT2D eigenvalue weighted by Gasteiger charge is -2.30. The van der Waals surface area contributed by atoms with E-state index in [0.29, 0.717) is 12.2 Å². The van der Waals surface area contributed by atoms with Crippen molar-refractivity contribution in [2.24, 2.45) is 15.7 Å². The van der Waals surface area contributed by atoms with Gasteiger partial charge < -0.3 is 9.47 Å². The zero-order chi connectivity index (χ0) is 44.8. The van der Waals surface area contributed by atoms with Gasteiger partial charge in [0.05, 0.1) is 31.8 Å². The molecule has 0 aliphatic carbocycles. The van der Waals surface area contributed by atoms with Crippen molar-refractivity contribution in [3.05, 3.63) is 57.1 Å². The maximum Gasteiger partial charge on any atom is 0.352 e. The zero-order valence-corrected chi connectivity index (χ0v) is 34.7. The molecular formula is C44H52N10O6S2. The van der Waals surface area contributed by atoms with Crippen LogP contribution >= 0.6 is 24.2 Å². The molecule has 1 unspecified atom stereocenters. The van der Waals surface area contributed by atoms with Crippen LogP contribution in [-0.2, 0) is 27.1 Å². The number of nitrogens with zero attached hydrogens (tertiary/aromatic N) is 9. The first-order chi connectivity index (χ1) is 30.3. The quantitative estimate of drug-likeness (QED) is 0.0422. The minimum absolute atomic E-state index is 0. The van der Waals surface area contributed by atoms with Crippen molar-refractivity contribution in [3.63, 3.8) is 0 Å². The molecule has 1 fully saturated rings. The summed E-state index contributed by atoms with van der Waals surface area (Å²) in [7, 11) is 1.65. The third-order valence-electron chi connectivity index (χ3n) is 7.35. The molecule has 2 N–H and O–H groups in total. The molecule has 0 saturated carbocycles. The summed E-state index contributed by atoms with van der Waals surface area (Å²) in [6.07, 6.45) is 11.5. The van der Waals surface area contributed by atoms with Gasteiger partial charge >= 0.3 is 5.69 Å². The second-order valence-electron chi connectivity index (χ2n) is 11.2. The Balaban J connectivity index is -0.000000125. The van der Waals surface area contributed by atoms with Crippen molar-refractivity contribution in [2.45, 2.75) is 33.0 Å². The predicted molar refractivity (Wildman–Crippen MR) is 257 cm³/mol. The lowest BCUT2D eigenvalue weighted by atomic mass is 10.2. The summed E-state index contributed by atoms with van der Waals surface area (Å²) in [4.78, 5) is 25.6. The van der Waals surface area contributed by atoms with Crippen molar-refractivity contribution < 1.29 is 39.7 Å². The van der Waals surface area contributed by atoms with E-state index in [9.17, 15) is 4.79 Å². The van der Waals surface area contributed by atoms with Crippen molar-refractivity contribution in [1.29, 1.82) is 5.53 Å². The fourth-order valence-corrected chi connectivity index (χ4v) is 6.26. The van der Waals surface area contributed by atoms with Gasteiger partial charge in [-0.25, -0.2) is 15.0 Å². The summed E-state index contributed by atoms with van der Waals surface area (Å²) in [6.45, 7) is 8.11. The first-order valence-corrected chi connectivity index (χ1v) is 18.4. The van der Waals surface area contributed by atoms with Crippen LogP contribution in [0.3, 0.4) is 0 Å². The molecule has 1 aromatic carbocycles. The third kappa shape index (κ3) is 16.1. The number of fused-ring (bicyclic) bond motifs is 3. The number of aromatic nitrogens is 4. The van der Waals surface area contributed by atoms with Gasteiger partial charge in [-0.05, 0) is 142 Å². The summed E-state index contributed by atoms with van der Waals surface area (Å²) in [6, 6.07) is 7.80. The minimum Gasteiger partial charge on any atom is -0.497 e. The molecular weight excluding hydrogens is 829 g/mol. The van der Waals surface area contributed by atoms with E-state index in [2.05, 4.69) is 185 Å². The third-order valence-corrected chi connectivity index (χ3v) is 8.79. The largest absolute Gasteiger partial charge is 0.497 e.